The van der Waals surface area contributed by atoms with Crippen molar-refractivity contribution in [3.8, 4) is 0 Å². The Hall–Kier alpha value is -4.79. The number of carbonyl (C=O) groups excluding carboxylic acids is 5. The van der Waals surface area contributed by atoms with Crippen LogP contribution in [-0.2, 0) is 43.5 Å². The maximum Gasteiger partial charge on any atom is 0.243 e. The molecule has 0 fully saturated rings. The van der Waals surface area contributed by atoms with E-state index in [1.54, 1.807) is 0 Å². The highest BCUT2D eigenvalue weighted by atomic mass is 16.2. The van der Waals surface area contributed by atoms with Crippen LogP contribution >= 0.6 is 0 Å². The second kappa shape index (κ2) is 22.3. The van der Waals surface area contributed by atoms with Crippen LogP contribution in [0, 0.1) is 11.8 Å². The Kier molecular flexibility index (Phi) is 17.9. The molecular formula is C39H59N9O5. The van der Waals surface area contributed by atoms with Crippen molar-refractivity contribution in [2.45, 2.75) is 71.6 Å². The highest BCUT2D eigenvalue weighted by molar-refractivity contribution is 5.93. The van der Waals surface area contributed by atoms with E-state index in [9.17, 15) is 24.0 Å². The van der Waals surface area contributed by atoms with Crippen molar-refractivity contribution in [3.05, 3.63) is 71.4 Å². The van der Waals surface area contributed by atoms with Crippen LogP contribution in [0.3, 0.4) is 0 Å². The van der Waals surface area contributed by atoms with E-state index in [4.69, 9.17) is 5.73 Å². The van der Waals surface area contributed by atoms with Crippen LogP contribution in [0.25, 0.3) is 10.9 Å². The molecule has 0 bridgehead atoms. The van der Waals surface area contributed by atoms with Gasteiger partial charge in [-0.15, -0.1) is 0 Å². The molecule has 0 radical (unpaired) electrons. The first-order valence-corrected chi connectivity index (χ1v) is 18.5. The first kappa shape index (κ1) is 42.6. The largest absolute Gasteiger partial charge is 0.370 e. The van der Waals surface area contributed by atoms with Crippen LogP contribution in [0.5, 0.6) is 0 Å². The van der Waals surface area contributed by atoms with Gasteiger partial charge in [0.25, 0.3) is 0 Å². The van der Waals surface area contributed by atoms with Crippen LogP contribution in [-0.4, -0.2) is 98.3 Å². The van der Waals surface area contributed by atoms with Gasteiger partial charge in [-0.25, -0.2) is 0 Å². The van der Waals surface area contributed by atoms with Crippen LogP contribution in [0.1, 0.15) is 56.7 Å². The van der Waals surface area contributed by atoms with Gasteiger partial charge < -0.3 is 42.6 Å². The summed E-state index contributed by atoms with van der Waals surface area (Å²) < 4.78 is 0. The molecular weight excluding hydrogens is 674 g/mol. The summed E-state index contributed by atoms with van der Waals surface area (Å²) in [7, 11) is 3.76. The Balaban J connectivity index is 1.60. The zero-order valence-electron chi connectivity index (χ0n) is 31.8. The third kappa shape index (κ3) is 14.3. The molecule has 5 amide bonds. The van der Waals surface area contributed by atoms with Crippen molar-refractivity contribution < 1.29 is 24.0 Å². The van der Waals surface area contributed by atoms with Crippen molar-refractivity contribution in [1.29, 1.82) is 0 Å². The van der Waals surface area contributed by atoms with Crippen LogP contribution in [0.15, 0.2) is 54.7 Å². The summed E-state index contributed by atoms with van der Waals surface area (Å²) in [6, 6.07) is 13.4. The lowest BCUT2D eigenvalue weighted by Crippen LogP contribution is -2.56. The van der Waals surface area contributed by atoms with Crippen molar-refractivity contribution in [2.75, 3.05) is 46.8 Å². The maximum atomic E-state index is 13.7. The van der Waals surface area contributed by atoms with E-state index in [1.165, 1.54) is 0 Å². The van der Waals surface area contributed by atoms with Gasteiger partial charge in [0.1, 0.15) is 12.1 Å². The molecule has 1 aromatic heterocycles. The Morgan fingerprint density at radius 2 is 1.49 bits per heavy atom. The molecule has 290 valence electrons. The number of H-pyrrole nitrogens is 1. The molecule has 0 aliphatic rings. The molecule has 3 rings (SSSR count). The number of amides is 5. The normalized spacial score (nSPS) is 13.5. The number of hydrogen-bond donors (Lipinski definition) is 8. The van der Waals surface area contributed by atoms with E-state index >= 15 is 0 Å². The molecule has 0 spiro atoms. The Morgan fingerprint density at radius 3 is 2.13 bits per heavy atom. The summed E-state index contributed by atoms with van der Waals surface area (Å²) in [5.74, 6) is -2.60. The smallest absolute Gasteiger partial charge is 0.243 e. The lowest BCUT2D eigenvalue weighted by Gasteiger charge is -2.27. The molecule has 9 N–H and O–H groups in total. The Morgan fingerprint density at radius 1 is 0.830 bits per heavy atom. The fraction of sp³-hybridized carbons (Fsp3) is 0.513. The van der Waals surface area contributed by atoms with Crippen molar-refractivity contribution in [3.63, 3.8) is 0 Å². The first-order valence-electron chi connectivity index (χ1n) is 18.5. The monoisotopic (exact) mass is 733 g/mol. The fourth-order valence-corrected chi connectivity index (χ4v) is 5.97. The van der Waals surface area contributed by atoms with Gasteiger partial charge in [0.2, 0.25) is 29.5 Å². The zero-order chi connectivity index (χ0) is 38.8. The molecule has 14 heteroatoms. The number of rotatable bonds is 24. The van der Waals surface area contributed by atoms with Crippen LogP contribution < -0.4 is 37.6 Å². The van der Waals surface area contributed by atoms with E-state index < -0.39 is 35.7 Å². The number of hydrogen-bond acceptors (Lipinski definition) is 8. The number of likely N-dealkylation sites (N-methyl/N-ethyl adjacent to an activating group) is 2. The summed E-state index contributed by atoms with van der Waals surface area (Å²) in [4.78, 5) is 70.2. The molecule has 4 atom stereocenters. The molecule has 1 heterocycles. The number of primary amides is 1. The van der Waals surface area contributed by atoms with Crippen molar-refractivity contribution in [2.24, 2.45) is 17.6 Å². The number of benzene rings is 2. The minimum Gasteiger partial charge on any atom is -0.370 e. The standard InChI is InChI=1S/C39H59N9O5/c1-6-26(2)36(47-37(51)27(3)20-30-24-43-32-13-8-7-12-31(30)32)39(53)46-33(14-15-34(40)49)38(52)45-23-29-11-9-10-28(21-29)22-44-35(50)25-48(18-16-41-4)19-17-42-5/h7-13,21,24,26-27,33,36,41-43H,6,14-20,22-23,25H2,1-5H3,(H2,40,49)(H,44,50)(H,45,52)(H,46,53)(H,47,51)/t26?,27-,33-,36-/m0/s1. The number of nitrogens with one attached hydrogen (secondary N) is 7. The molecule has 2 aromatic carbocycles. The highest BCUT2D eigenvalue weighted by Gasteiger charge is 2.31. The van der Waals surface area contributed by atoms with Gasteiger partial charge in [-0.2, -0.15) is 0 Å². The number of nitrogens with two attached hydrogens (primary N) is 1. The van der Waals surface area contributed by atoms with Gasteiger partial charge in [-0.3, -0.25) is 28.9 Å². The predicted octanol–water partition coefficient (Wildman–Crippen LogP) is 1.30. The van der Waals surface area contributed by atoms with E-state index in [-0.39, 0.29) is 43.7 Å². The number of nitrogens with zero attached hydrogens (tertiary/aromatic N) is 1. The summed E-state index contributed by atoms with van der Waals surface area (Å²) in [5, 5.41) is 18.8. The molecule has 0 aliphatic carbocycles. The Bertz CT molecular complexity index is 1640. The summed E-state index contributed by atoms with van der Waals surface area (Å²) in [6.07, 6.45) is 2.87. The predicted molar refractivity (Wildman–Crippen MR) is 207 cm³/mol. The van der Waals surface area contributed by atoms with Gasteiger partial charge in [-0.05, 0) is 55.6 Å². The van der Waals surface area contributed by atoms with Crippen LogP contribution in [0.2, 0.25) is 0 Å². The van der Waals surface area contributed by atoms with E-state index in [2.05, 4.69) is 41.8 Å². The van der Waals surface area contributed by atoms with E-state index in [0.29, 0.717) is 19.4 Å². The molecule has 53 heavy (non-hydrogen) atoms. The average molecular weight is 734 g/mol. The minimum atomic E-state index is -1.06. The molecule has 3 aromatic rings. The van der Waals surface area contributed by atoms with Gasteiger partial charge in [-0.1, -0.05) is 69.7 Å². The van der Waals surface area contributed by atoms with Crippen molar-refractivity contribution in [1.82, 2.24) is 41.8 Å². The molecule has 0 aliphatic heterocycles. The number of aromatic amines is 1. The molecule has 0 saturated heterocycles. The number of aromatic nitrogens is 1. The molecule has 0 saturated carbocycles. The lowest BCUT2D eigenvalue weighted by atomic mass is 9.95. The topological polar surface area (TPSA) is 203 Å². The average Bonchev–Trinajstić information content (AvgIpc) is 3.56. The van der Waals surface area contributed by atoms with E-state index in [0.717, 1.165) is 53.8 Å². The summed E-state index contributed by atoms with van der Waals surface area (Å²) in [5.41, 5.74) is 9.07. The summed E-state index contributed by atoms with van der Waals surface area (Å²) >= 11 is 0. The SMILES string of the molecule is CCC(C)[C@H](NC(=O)[C@@H](C)Cc1c[nH]c2ccccc12)C(=O)N[C@@H](CCC(N)=O)C(=O)NCc1cccc(CNC(=O)CN(CCNC)CCNC)c1. The third-order valence-corrected chi connectivity index (χ3v) is 9.43. The molecule has 14 nitrogen and oxygen atoms in total. The number of para-hydroxylation sites is 1. The molecule has 1 unspecified atom stereocenters. The van der Waals surface area contributed by atoms with Gasteiger partial charge >= 0.3 is 0 Å². The van der Waals surface area contributed by atoms with Gasteiger partial charge in [0, 0.05) is 68.7 Å². The Labute approximate surface area is 313 Å². The quantitative estimate of drug-likeness (QED) is 0.0673. The second-order valence-electron chi connectivity index (χ2n) is 13.7. The van der Waals surface area contributed by atoms with Gasteiger partial charge in [0.05, 0.1) is 6.54 Å². The lowest BCUT2D eigenvalue weighted by molar-refractivity contribution is -0.134. The van der Waals surface area contributed by atoms with E-state index in [1.807, 2.05) is 89.6 Å². The maximum absolute atomic E-state index is 13.7. The minimum absolute atomic E-state index is 0.00320. The number of carbonyl (C=O) groups is 5. The van der Waals surface area contributed by atoms with Crippen LogP contribution in [0.4, 0.5) is 0 Å². The zero-order valence-corrected chi connectivity index (χ0v) is 31.8. The third-order valence-electron chi connectivity index (χ3n) is 9.43. The highest BCUT2D eigenvalue weighted by Crippen LogP contribution is 2.21. The second-order valence-corrected chi connectivity index (χ2v) is 13.7. The fourth-order valence-electron chi connectivity index (χ4n) is 5.97. The van der Waals surface area contributed by atoms with Gasteiger partial charge in [0.15, 0.2) is 0 Å². The number of fused-ring (bicyclic) bond motifs is 1. The first-order chi connectivity index (χ1) is 25.4. The van der Waals surface area contributed by atoms with Crippen molar-refractivity contribution >= 4 is 40.4 Å². The summed E-state index contributed by atoms with van der Waals surface area (Å²) in [6.45, 7) is 9.43.